The van der Waals surface area contributed by atoms with Crippen molar-refractivity contribution in [3.05, 3.63) is 473 Å². The molecule has 28 rings (SSSR count). The summed E-state index contributed by atoms with van der Waals surface area (Å²) in [5.41, 5.74) is 27.5. The van der Waals surface area contributed by atoms with Gasteiger partial charge in [-0.05, 0) is 117 Å². The zero-order chi connectivity index (χ0) is 91.1. The van der Waals surface area contributed by atoms with E-state index in [0.717, 1.165) is 99.5 Å². The minimum Gasteiger partial charge on any atom is -0.455 e. The molecule has 0 spiro atoms. The van der Waals surface area contributed by atoms with E-state index in [1.165, 1.54) is 129 Å². The Bertz CT molecular complexity index is 8560. The first-order valence-corrected chi connectivity index (χ1v) is 47.9. The van der Waals surface area contributed by atoms with E-state index in [2.05, 4.69) is 373 Å². The van der Waals surface area contributed by atoms with Crippen LogP contribution in [0.5, 0.6) is 0 Å². The maximum absolute atomic E-state index is 6.76. The average Bonchev–Trinajstić information content (AvgIpc) is 1.61. The molecule has 0 radical (unpaired) electrons. The second-order valence-corrected chi connectivity index (χ2v) is 36.5. The molecule has 0 aliphatic rings. The molecule has 8 aromatic heterocycles. The quantitative estimate of drug-likeness (QED) is 0.112. The molecule has 28 aromatic rings. The molecule has 0 aliphatic carbocycles. The normalized spacial score (nSPS) is 11.6. The van der Waals surface area contributed by atoms with Crippen LogP contribution in [0.4, 0.5) is 0 Å². The maximum Gasteiger partial charge on any atom is 0.167 e. The van der Waals surface area contributed by atoms with Crippen molar-refractivity contribution in [3.63, 3.8) is 0 Å². The molecule has 138 heavy (non-hydrogen) atoms. The third-order valence-electron chi connectivity index (χ3n) is 26.5. The number of rotatable bonds is 13. The van der Waals surface area contributed by atoms with Crippen LogP contribution in [0.2, 0.25) is 0 Å². The van der Waals surface area contributed by atoms with Crippen LogP contribution in [0.1, 0.15) is 0 Å². The van der Waals surface area contributed by atoms with Crippen LogP contribution in [-0.4, -0.2) is 39.0 Å². The second-order valence-electron chi connectivity index (χ2n) is 34.5. The number of hydrogen-bond donors (Lipinski definition) is 0. The summed E-state index contributed by atoms with van der Waals surface area (Å²) in [6.45, 7) is 0. The third kappa shape index (κ3) is 14.2. The predicted molar refractivity (Wildman–Crippen MR) is 575 cm³/mol. The van der Waals surface area contributed by atoms with Gasteiger partial charge in [-0.2, -0.15) is 0 Å². The van der Waals surface area contributed by atoms with Gasteiger partial charge in [0.2, 0.25) is 0 Å². The van der Waals surface area contributed by atoms with Gasteiger partial charge in [0.15, 0.2) is 34.9 Å². The Kier molecular flexibility index (Phi) is 20.1. The monoisotopic (exact) mass is 1800 g/mol. The van der Waals surface area contributed by atoms with Crippen LogP contribution in [0.15, 0.2) is 482 Å². The molecule has 0 bridgehead atoms. The van der Waals surface area contributed by atoms with Gasteiger partial charge in [0.25, 0.3) is 0 Å². The number of fused-ring (bicyclic) bond motifs is 18. The van der Waals surface area contributed by atoms with Gasteiger partial charge in [-0.15, -0.1) is 22.7 Å². The Morgan fingerprint density at radius 3 is 0.659 bits per heavy atom. The van der Waals surface area contributed by atoms with Crippen molar-refractivity contribution >= 4 is 151 Å². The van der Waals surface area contributed by atoms with E-state index in [1.54, 1.807) is 0 Å². The number of para-hydroxylation sites is 8. The molecular weight excluding hydrogens is 1720 g/mol. The first kappa shape index (κ1) is 80.9. The summed E-state index contributed by atoms with van der Waals surface area (Å²) in [4.78, 5) is 30.9. The highest BCUT2D eigenvalue weighted by Crippen LogP contribution is 2.49. The van der Waals surface area contributed by atoms with E-state index in [1.807, 2.05) is 132 Å². The summed E-state index contributed by atoms with van der Waals surface area (Å²) in [5.74, 6) is 3.64. The van der Waals surface area contributed by atoms with Gasteiger partial charge in [-0.1, -0.05) is 400 Å². The standard InChI is InChI=1S/C45H27N3O2.C45H27N3S2.C36H24N2/c2*1-4-14-28(15-5-1)31-20-10-22-33-35-24-12-26-37(41(35)49-39(31)33)44-46-43(30-18-8-3-9-19-30)47-45(48-44)38-27-13-25-36-34-23-11-21-32(40(34)50-42(36)38)29-16-6-2-7-17-29;1-5-13-33-29(9-1)30-10-2-6-14-34(30)37(33)27-21-17-25(18-22-27)26-19-23-28(24-20-26)38-35-15-7-3-11-31(35)32-12-4-8-16-36(32)38/h2*1-27H;1-24H. The fraction of sp³-hybridized carbons (Fsp3) is 0. The molecule has 0 saturated heterocycles. The molecule has 20 aromatic carbocycles. The maximum atomic E-state index is 6.76. The van der Waals surface area contributed by atoms with E-state index in [-0.39, 0.29) is 0 Å². The first-order valence-electron chi connectivity index (χ1n) is 46.3. The highest BCUT2D eigenvalue weighted by molar-refractivity contribution is 7.27. The summed E-state index contributed by atoms with van der Waals surface area (Å²) in [7, 11) is 0. The van der Waals surface area contributed by atoms with Crippen molar-refractivity contribution in [1.82, 2.24) is 39.0 Å². The molecule has 0 amide bonds. The van der Waals surface area contributed by atoms with E-state index in [0.29, 0.717) is 34.9 Å². The van der Waals surface area contributed by atoms with Crippen LogP contribution in [0.25, 0.3) is 263 Å². The largest absolute Gasteiger partial charge is 0.455 e. The van der Waals surface area contributed by atoms with Crippen LogP contribution in [-0.2, 0) is 0 Å². The van der Waals surface area contributed by atoms with Crippen LogP contribution >= 0.6 is 22.7 Å². The van der Waals surface area contributed by atoms with E-state index in [4.69, 9.17) is 38.7 Å². The topological polar surface area (TPSA) is 113 Å². The summed E-state index contributed by atoms with van der Waals surface area (Å²) < 4.78 is 23.1. The number of hydrogen-bond acceptors (Lipinski definition) is 10. The molecule has 0 atom stereocenters. The minimum atomic E-state index is 0.526. The van der Waals surface area contributed by atoms with Crippen LogP contribution in [0.3, 0.4) is 0 Å². The Labute approximate surface area is 801 Å². The zero-order valence-corrected chi connectivity index (χ0v) is 75.9. The van der Waals surface area contributed by atoms with Gasteiger partial charge < -0.3 is 18.0 Å². The lowest BCUT2D eigenvalue weighted by Crippen LogP contribution is -2.00. The molecule has 0 fully saturated rings. The first-order chi connectivity index (χ1) is 68.5. The lowest BCUT2D eigenvalue weighted by molar-refractivity contribution is 0.670. The fourth-order valence-electron chi connectivity index (χ4n) is 20.0. The highest BCUT2D eigenvalue weighted by Gasteiger charge is 2.26. The summed E-state index contributed by atoms with van der Waals surface area (Å²) in [6, 6.07) is 166. The van der Waals surface area contributed by atoms with Gasteiger partial charge in [-0.25, -0.2) is 29.9 Å². The van der Waals surface area contributed by atoms with Gasteiger partial charge in [-0.3, -0.25) is 0 Å². The van der Waals surface area contributed by atoms with Gasteiger partial charge in [0.05, 0.1) is 33.2 Å². The number of thiophene rings is 2. The van der Waals surface area contributed by atoms with E-state index < -0.39 is 0 Å². The van der Waals surface area contributed by atoms with Gasteiger partial charge in [0, 0.05) is 128 Å². The lowest BCUT2D eigenvalue weighted by atomic mass is 10.0. The Balaban J connectivity index is 0.000000108. The van der Waals surface area contributed by atoms with Crippen molar-refractivity contribution in [1.29, 1.82) is 0 Å². The third-order valence-corrected chi connectivity index (χ3v) is 29.1. The number of nitrogens with zero attached hydrogens (tertiary/aromatic N) is 8. The fourth-order valence-corrected chi connectivity index (χ4v) is 22.7. The summed E-state index contributed by atoms with van der Waals surface area (Å²) >= 11 is 3.63. The Morgan fingerprint density at radius 1 is 0.145 bits per heavy atom. The van der Waals surface area contributed by atoms with Crippen molar-refractivity contribution in [3.8, 4) is 135 Å². The molecule has 12 heteroatoms. The number of benzene rings is 20. The van der Waals surface area contributed by atoms with E-state index in [9.17, 15) is 0 Å². The highest BCUT2D eigenvalue weighted by atomic mass is 32.1. The van der Waals surface area contributed by atoms with E-state index >= 15 is 0 Å². The molecule has 0 aliphatic heterocycles. The smallest absolute Gasteiger partial charge is 0.167 e. The molecule has 646 valence electrons. The molecule has 0 N–H and O–H groups in total. The molecule has 0 saturated carbocycles. The average molecular weight is 1800 g/mol. The molecule has 0 unspecified atom stereocenters. The molecular formula is C126H78N8O2S2. The SMILES string of the molecule is c1ccc(-c2nc(-c3cccc4c3oc3c(-c5ccccc5)cccc34)nc(-c3cccc4c3oc3c(-c5ccccc5)cccc34)n2)cc1.c1ccc(-c2nc(-c3cccc4c3sc3c(-c5ccccc5)cccc34)nc(-c3cccc4c3sc3c(-c5ccccc5)cccc34)n2)cc1.c1ccc2c(c1)c1ccccc1n2-c1ccc(-c2ccc(-n3c4ccccc4c4ccccc43)cc2)cc1. The van der Waals surface area contributed by atoms with Gasteiger partial charge in [0.1, 0.15) is 22.3 Å². The number of aromatic nitrogens is 8. The minimum absolute atomic E-state index is 0.526. The predicted octanol–water partition coefficient (Wildman–Crippen LogP) is 34.5. The van der Waals surface area contributed by atoms with Crippen molar-refractivity contribution in [2.75, 3.05) is 0 Å². The lowest BCUT2D eigenvalue weighted by Gasteiger charge is -2.11. The summed E-state index contributed by atoms with van der Waals surface area (Å²) in [5, 5.41) is 14.2. The van der Waals surface area contributed by atoms with Crippen molar-refractivity contribution in [2.24, 2.45) is 0 Å². The van der Waals surface area contributed by atoms with Crippen molar-refractivity contribution in [2.45, 2.75) is 0 Å². The van der Waals surface area contributed by atoms with Crippen LogP contribution in [0, 0.1) is 0 Å². The Hall–Kier alpha value is -17.9. The Morgan fingerprint density at radius 2 is 0.355 bits per heavy atom. The number of furan rings is 2. The second kappa shape index (κ2) is 34.3. The zero-order valence-electron chi connectivity index (χ0n) is 74.2. The van der Waals surface area contributed by atoms with Crippen LogP contribution < -0.4 is 0 Å². The van der Waals surface area contributed by atoms with Gasteiger partial charge >= 0.3 is 0 Å². The molecule has 8 heterocycles. The molecule has 10 nitrogen and oxygen atoms in total. The summed E-state index contributed by atoms with van der Waals surface area (Å²) in [6.07, 6.45) is 0. The van der Waals surface area contributed by atoms with Crippen molar-refractivity contribution < 1.29 is 8.83 Å².